The van der Waals surface area contributed by atoms with Crippen molar-refractivity contribution in [2.24, 2.45) is 0 Å². The van der Waals surface area contributed by atoms with E-state index < -0.39 is 15.0 Å². The first-order chi connectivity index (χ1) is 7.64. The molecule has 0 saturated heterocycles. The van der Waals surface area contributed by atoms with Crippen LogP contribution in [-0.2, 0) is 22.5 Å². The molecule has 0 saturated carbocycles. The van der Waals surface area contributed by atoms with E-state index >= 15 is 0 Å². The Kier molecular flexibility index (Phi) is 7.74. The first-order valence-electron chi connectivity index (χ1n) is 5.02. The van der Waals surface area contributed by atoms with Crippen LogP contribution in [0.2, 0.25) is 0 Å². The van der Waals surface area contributed by atoms with E-state index in [9.17, 15) is 4.79 Å². The molecule has 92 valence electrons. The molecule has 0 aromatic carbocycles. The molecular weight excluding hydrogens is 228 g/mol. The summed E-state index contributed by atoms with van der Waals surface area (Å²) in [5, 5.41) is 0. The van der Waals surface area contributed by atoms with Gasteiger partial charge in [-0.2, -0.15) is 0 Å². The molecule has 5 nitrogen and oxygen atoms in total. The van der Waals surface area contributed by atoms with Crippen molar-refractivity contribution in [1.29, 1.82) is 0 Å². The van der Waals surface area contributed by atoms with Crippen molar-refractivity contribution < 1.29 is 22.5 Å². The van der Waals surface area contributed by atoms with Gasteiger partial charge in [0.05, 0.1) is 6.61 Å². The second-order valence-corrected chi connectivity index (χ2v) is 4.66. The lowest BCUT2D eigenvalue weighted by Crippen LogP contribution is -2.50. The highest BCUT2D eigenvalue weighted by atomic mass is 28.4. The van der Waals surface area contributed by atoms with E-state index in [1.807, 2.05) is 0 Å². The maximum atomic E-state index is 11.2. The van der Waals surface area contributed by atoms with E-state index in [0.717, 1.165) is 6.08 Å². The van der Waals surface area contributed by atoms with Gasteiger partial charge >= 0.3 is 15.0 Å². The first-order valence-corrected chi connectivity index (χ1v) is 6.65. The molecule has 0 heterocycles. The lowest BCUT2D eigenvalue weighted by atomic mass is 10.7. The summed E-state index contributed by atoms with van der Waals surface area (Å²) in [6, 6.07) is 0. The Morgan fingerprint density at radius 1 is 1.19 bits per heavy atom. The Hall–Kier alpha value is -0.953. The van der Waals surface area contributed by atoms with Gasteiger partial charge in [-0.05, 0) is 13.8 Å². The van der Waals surface area contributed by atoms with Gasteiger partial charge in [-0.25, -0.2) is 4.79 Å². The predicted molar refractivity (Wildman–Crippen MR) is 61.4 cm³/mol. The van der Waals surface area contributed by atoms with E-state index in [-0.39, 0.29) is 6.61 Å². The van der Waals surface area contributed by atoms with Gasteiger partial charge in [0.2, 0.25) is 0 Å². The van der Waals surface area contributed by atoms with Gasteiger partial charge < -0.3 is 17.7 Å². The SMILES string of the molecule is C=CCO[Si](OCC)(OCC)OC(=O)C=C. The Bertz CT molecular complexity index is 235. The molecule has 0 atom stereocenters. The molecule has 0 radical (unpaired) electrons. The standard InChI is InChI=1S/C10H18O5Si/c1-5-9-14-16(12-7-3,13-8-4)15-10(11)6-2/h5-6H,1-2,7-9H2,3-4H3. The van der Waals surface area contributed by atoms with Crippen LogP contribution in [0.15, 0.2) is 25.3 Å². The minimum Gasteiger partial charge on any atom is -0.449 e. The Morgan fingerprint density at radius 2 is 1.75 bits per heavy atom. The summed E-state index contributed by atoms with van der Waals surface area (Å²) in [5.74, 6) is -0.627. The smallest absolute Gasteiger partial charge is 0.449 e. The van der Waals surface area contributed by atoms with E-state index in [0.29, 0.717) is 13.2 Å². The average Bonchev–Trinajstić information content (AvgIpc) is 2.27. The van der Waals surface area contributed by atoms with Crippen LogP contribution >= 0.6 is 0 Å². The Labute approximate surface area is 97.1 Å². The third-order valence-electron chi connectivity index (χ3n) is 1.41. The van der Waals surface area contributed by atoms with Crippen LogP contribution in [0.3, 0.4) is 0 Å². The van der Waals surface area contributed by atoms with Crippen LogP contribution in [0.4, 0.5) is 0 Å². The van der Waals surface area contributed by atoms with E-state index in [1.54, 1.807) is 13.8 Å². The van der Waals surface area contributed by atoms with Gasteiger partial charge in [0.1, 0.15) is 0 Å². The molecule has 0 aromatic heterocycles. The van der Waals surface area contributed by atoms with Crippen molar-refractivity contribution in [1.82, 2.24) is 0 Å². The zero-order valence-electron chi connectivity index (χ0n) is 9.73. The van der Waals surface area contributed by atoms with Crippen LogP contribution in [0.25, 0.3) is 0 Å². The quantitative estimate of drug-likeness (QED) is 0.350. The molecule has 0 aliphatic heterocycles. The van der Waals surface area contributed by atoms with Crippen molar-refractivity contribution in [3.8, 4) is 0 Å². The highest BCUT2D eigenvalue weighted by Crippen LogP contribution is 2.12. The monoisotopic (exact) mass is 246 g/mol. The highest BCUT2D eigenvalue weighted by Gasteiger charge is 2.49. The summed E-state index contributed by atoms with van der Waals surface area (Å²) in [6.07, 6.45) is 2.57. The lowest BCUT2D eigenvalue weighted by Gasteiger charge is -2.25. The van der Waals surface area contributed by atoms with Crippen molar-refractivity contribution in [2.45, 2.75) is 13.8 Å². The van der Waals surface area contributed by atoms with Crippen LogP contribution < -0.4 is 0 Å². The summed E-state index contributed by atoms with van der Waals surface area (Å²) < 4.78 is 21.0. The molecule has 16 heavy (non-hydrogen) atoms. The molecule has 0 rings (SSSR count). The topological polar surface area (TPSA) is 54.0 Å². The zero-order valence-corrected chi connectivity index (χ0v) is 10.7. The fourth-order valence-electron chi connectivity index (χ4n) is 0.893. The van der Waals surface area contributed by atoms with Crippen LogP contribution in [0.5, 0.6) is 0 Å². The van der Waals surface area contributed by atoms with Gasteiger partial charge in [-0.3, -0.25) is 0 Å². The summed E-state index contributed by atoms with van der Waals surface area (Å²) >= 11 is 0. The number of carbonyl (C=O) groups is 1. The zero-order chi connectivity index (χ0) is 12.4. The molecule has 0 fully saturated rings. The molecule has 0 aromatic rings. The van der Waals surface area contributed by atoms with Gasteiger partial charge in [0.15, 0.2) is 0 Å². The van der Waals surface area contributed by atoms with Crippen molar-refractivity contribution in [3.05, 3.63) is 25.3 Å². The Balaban J connectivity index is 4.67. The number of rotatable bonds is 9. The number of hydrogen-bond donors (Lipinski definition) is 0. The fraction of sp³-hybridized carbons (Fsp3) is 0.500. The third-order valence-corrected chi connectivity index (χ3v) is 3.67. The minimum atomic E-state index is -3.39. The van der Waals surface area contributed by atoms with Crippen molar-refractivity contribution in [2.75, 3.05) is 19.8 Å². The summed E-state index contributed by atoms with van der Waals surface area (Å²) in [7, 11) is -3.39. The molecule has 0 N–H and O–H groups in total. The Morgan fingerprint density at radius 3 is 2.12 bits per heavy atom. The van der Waals surface area contributed by atoms with Crippen molar-refractivity contribution in [3.63, 3.8) is 0 Å². The molecule has 0 aliphatic rings. The molecule has 0 aliphatic carbocycles. The summed E-state index contributed by atoms with van der Waals surface area (Å²) in [4.78, 5) is 11.2. The largest absolute Gasteiger partial charge is 0.752 e. The van der Waals surface area contributed by atoms with E-state index in [4.69, 9.17) is 17.7 Å². The first kappa shape index (κ1) is 15.0. The highest BCUT2D eigenvalue weighted by molar-refractivity contribution is 6.55. The van der Waals surface area contributed by atoms with E-state index in [2.05, 4.69) is 13.2 Å². The average molecular weight is 246 g/mol. The normalized spacial score (nSPS) is 10.9. The summed E-state index contributed by atoms with van der Waals surface area (Å²) in [5.41, 5.74) is 0. The second kappa shape index (κ2) is 8.23. The lowest BCUT2D eigenvalue weighted by molar-refractivity contribution is -0.138. The van der Waals surface area contributed by atoms with E-state index in [1.165, 1.54) is 6.08 Å². The maximum Gasteiger partial charge on any atom is 0.752 e. The molecule has 6 heteroatoms. The van der Waals surface area contributed by atoms with Gasteiger partial charge in [0.25, 0.3) is 0 Å². The molecule has 0 bridgehead atoms. The fourth-order valence-corrected chi connectivity index (χ4v) is 2.68. The number of carbonyl (C=O) groups excluding carboxylic acids is 1. The van der Waals surface area contributed by atoms with Gasteiger partial charge in [-0.15, -0.1) is 6.58 Å². The minimum absolute atomic E-state index is 0.191. The van der Waals surface area contributed by atoms with Crippen LogP contribution in [-0.4, -0.2) is 34.8 Å². The second-order valence-electron chi connectivity index (χ2n) is 2.59. The molecular formula is C10H18O5Si. The van der Waals surface area contributed by atoms with Crippen LogP contribution in [0, 0.1) is 0 Å². The molecule has 0 amide bonds. The molecule has 0 unspecified atom stereocenters. The summed E-state index contributed by atoms with van der Waals surface area (Å²) in [6.45, 7) is 11.2. The third kappa shape index (κ3) is 5.22. The van der Waals surface area contributed by atoms with Crippen molar-refractivity contribution >= 4 is 15.0 Å². The maximum absolute atomic E-state index is 11.2. The van der Waals surface area contributed by atoms with Gasteiger partial charge in [0, 0.05) is 19.3 Å². The number of hydrogen-bond acceptors (Lipinski definition) is 5. The van der Waals surface area contributed by atoms with Gasteiger partial charge in [-0.1, -0.05) is 12.7 Å². The predicted octanol–water partition coefficient (Wildman–Crippen LogP) is 1.43. The van der Waals surface area contributed by atoms with Crippen LogP contribution in [0.1, 0.15) is 13.8 Å². The molecule has 0 spiro atoms.